The Hall–Kier alpha value is -0.570. The van der Waals surface area contributed by atoms with Crippen molar-refractivity contribution in [2.75, 3.05) is 26.7 Å². The van der Waals surface area contributed by atoms with Crippen molar-refractivity contribution in [1.82, 2.24) is 10.2 Å². The molecule has 2 fully saturated rings. The van der Waals surface area contributed by atoms with Crippen molar-refractivity contribution in [3.8, 4) is 0 Å². The van der Waals surface area contributed by atoms with E-state index in [1.807, 2.05) is 11.9 Å². The molecule has 3 nitrogen and oxygen atoms in total. The Kier molecular flexibility index (Phi) is 2.28. The van der Waals surface area contributed by atoms with E-state index in [9.17, 15) is 4.79 Å². The van der Waals surface area contributed by atoms with E-state index < -0.39 is 0 Å². The van der Waals surface area contributed by atoms with E-state index in [1.54, 1.807) is 0 Å². The Morgan fingerprint density at radius 1 is 1.31 bits per heavy atom. The zero-order chi connectivity index (χ0) is 9.31. The lowest BCUT2D eigenvalue weighted by Gasteiger charge is -2.42. The summed E-state index contributed by atoms with van der Waals surface area (Å²) in [6.45, 7) is 3.15. The predicted molar refractivity (Wildman–Crippen MR) is 51.4 cm³/mol. The summed E-state index contributed by atoms with van der Waals surface area (Å²) >= 11 is 0. The van der Waals surface area contributed by atoms with Gasteiger partial charge in [-0.25, -0.2) is 0 Å². The molecule has 2 rings (SSSR count). The molecule has 1 amide bonds. The summed E-state index contributed by atoms with van der Waals surface area (Å²) in [5, 5.41) is 3.36. The van der Waals surface area contributed by atoms with E-state index in [1.165, 1.54) is 19.3 Å². The van der Waals surface area contributed by atoms with Gasteiger partial charge in [0.15, 0.2) is 0 Å². The summed E-state index contributed by atoms with van der Waals surface area (Å²) in [5.41, 5.74) is 0.356. The smallest absolute Gasteiger partial charge is 0.222 e. The summed E-state index contributed by atoms with van der Waals surface area (Å²) in [6.07, 6.45) is 4.36. The zero-order valence-corrected chi connectivity index (χ0v) is 8.31. The summed E-state index contributed by atoms with van der Waals surface area (Å²) in [6, 6.07) is 0. The number of carbonyl (C=O) groups excluding carboxylic acids is 1. The van der Waals surface area contributed by atoms with Crippen molar-refractivity contribution in [2.45, 2.75) is 25.7 Å². The molecule has 0 aromatic rings. The van der Waals surface area contributed by atoms with Crippen molar-refractivity contribution >= 4 is 5.91 Å². The van der Waals surface area contributed by atoms with Crippen LogP contribution in [0, 0.1) is 5.41 Å². The van der Waals surface area contributed by atoms with Crippen molar-refractivity contribution in [2.24, 2.45) is 5.41 Å². The van der Waals surface area contributed by atoms with E-state index in [0.29, 0.717) is 11.3 Å². The Bertz CT molecular complexity index is 209. The molecule has 0 aromatic carbocycles. The maximum Gasteiger partial charge on any atom is 0.222 e. The third-order valence-corrected chi connectivity index (χ3v) is 3.59. The van der Waals surface area contributed by atoms with Gasteiger partial charge in [0.2, 0.25) is 5.91 Å². The van der Waals surface area contributed by atoms with Crippen LogP contribution in [0.4, 0.5) is 0 Å². The van der Waals surface area contributed by atoms with E-state index in [2.05, 4.69) is 5.32 Å². The second-order valence-electron chi connectivity index (χ2n) is 4.49. The fourth-order valence-electron chi connectivity index (χ4n) is 2.46. The molecule has 2 aliphatic rings. The fourth-order valence-corrected chi connectivity index (χ4v) is 2.46. The molecule has 2 heterocycles. The number of likely N-dealkylation sites (tertiary alicyclic amines) is 1. The van der Waals surface area contributed by atoms with Crippen LogP contribution in [-0.4, -0.2) is 37.5 Å². The van der Waals surface area contributed by atoms with Crippen LogP contribution in [-0.2, 0) is 4.79 Å². The lowest BCUT2D eigenvalue weighted by atomic mass is 9.71. The monoisotopic (exact) mass is 182 g/mol. The van der Waals surface area contributed by atoms with Gasteiger partial charge in [-0.05, 0) is 37.8 Å². The number of nitrogens with zero attached hydrogens (tertiary/aromatic N) is 1. The molecule has 0 aromatic heterocycles. The zero-order valence-electron chi connectivity index (χ0n) is 8.31. The van der Waals surface area contributed by atoms with E-state index in [0.717, 1.165) is 26.1 Å². The highest BCUT2D eigenvalue weighted by Crippen LogP contribution is 2.39. The second kappa shape index (κ2) is 3.29. The molecule has 0 aliphatic carbocycles. The Labute approximate surface area is 79.5 Å². The van der Waals surface area contributed by atoms with Gasteiger partial charge in [0, 0.05) is 20.0 Å². The molecule has 0 atom stereocenters. The minimum atomic E-state index is 0.341. The summed E-state index contributed by atoms with van der Waals surface area (Å²) in [5.74, 6) is 0.341. The van der Waals surface area contributed by atoms with Gasteiger partial charge in [-0.3, -0.25) is 4.79 Å². The topological polar surface area (TPSA) is 32.3 Å². The van der Waals surface area contributed by atoms with Crippen LogP contribution < -0.4 is 5.32 Å². The van der Waals surface area contributed by atoms with Gasteiger partial charge in [-0.1, -0.05) is 0 Å². The molecule has 0 saturated carbocycles. The Balaban J connectivity index is 2.03. The van der Waals surface area contributed by atoms with Gasteiger partial charge >= 0.3 is 0 Å². The first-order chi connectivity index (χ1) is 6.22. The minimum absolute atomic E-state index is 0.341. The molecule has 2 aliphatic heterocycles. The van der Waals surface area contributed by atoms with Crippen LogP contribution in [0.1, 0.15) is 25.7 Å². The molecule has 0 bridgehead atoms. The number of hydrogen-bond donors (Lipinski definition) is 1. The van der Waals surface area contributed by atoms with Crippen molar-refractivity contribution in [3.05, 3.63) is 0 Å². The lowest BCUT2D eigenvalue weighted by molar-refractivity contribution is -0.137. The Morgan fingerprint density at radius 3 is 2.62 bits per heavy atom. The van der Waals surface area contributed by atoms with Gasteiger partial charge in [0.1, 0.15) is 0 Å². The SMILES string of the molecule is CN1CCC2(CCNCC2)CC1=O. The predicted octanol–water partition coefficient (Wildman–Crippen LogP) is 0.608. The first kappa shape index (κ1) is 9.00. The van der Waals surface area contributed by atoms with E-state index >= 15 is 0 Å². The standard InChI is InChI=1S/C10H18N2O/c1-12-7-4-10(8-9(12)13)2-5-11-6-3-10/h11H,2-8H2,1H3. The van der Waals surface area contributed by atoms with Crippen LogP contribution >= 0.6 is 0 Å². The molecule has 3 heteroatoms. The van der Waals surface area contributed by atoms with Gasteiger partial charge in [0.05, 0.1) is 0 Å². The molecule has 13 heavy (non-hydrogen) atoms. The molecular formula is C10H18N2O. The van der Waals surface area contributed by atoms with E-state index in [4.69, 9.17) is 0 Å². The normalized spacial score (nSPS) is 28.1. The molecule has 74 valence electrons. The number of hydrogen-bond acceptors (Lipinski definition) is 2. The van der Waals surface area contributed by atoms with E-state index in [-0.39, 0.29) is 0 Å². The van der Waals surface area contributed by atoms with Crippen molar-refractivity contribution in [3.63, 3.8) is 0 Å². The lowest BCUT2D eigenvalue weighted by Crippen LogP contribution is -2.46. The summed E-state index contributed by atoms with van der Waals surface area (Å²) in [7, 11) is 1.91. The molecule has 2 saturated heterocycles. The van der Waals surface area contributed by atoms with Crippen LogP contribution in [0.5, 0.6) is 0 Å². The third-order valence-electron chi connectivity index (χ3n) is 3.59. The Morgan fingerprint density at radius 2 is 2.00 bits per heavy atom. The molecule has 0 unspecified atom stereocenters. The van der Waals surface area contributed by atoms with Crippen molar-refractivity contribution < 1.29 is 4.79 Å². The maximum atomic E-state index is 11.6. The van der Waals surface area contributed by atoms with Crippen LogP contribution in [0.3, 0.4) is 0 Å². The number of amides is 1. The maximum absolute atomic E-state index is 11.6. The highest BCUT2D eigenvalue weighted by atomic mass is 16.2. The first-order valence-electron chi connectivity index (χ1n) is 5.17. The second-order valence-corrected chi connectivity index (χ2v) is 4.49. The first-order valence-corrected chi connectivity index (χ1v) is 5.17. The van der Waals surface area contributed by atoms with Crippen LogP contribution in [0.2, 0.25) is 0 Å². The summed E-state index contributed by atoms with van der Waals surface area (Å²) < 4.78 is 0. The van der Waals surface area contributed by atoms with Gasteiger partial charge in [0.25, 0.3) is 0 Å². The quantitative estimate of drug-likeness (QED) is 0.595. The molecule has 1 N–H and O–H groups in total. The van der Waals surface area contributed by atoms with Crippen LogP contribution in [0.25, 0.3) is 0 Å². The number of carbonyl (C=O) groups is 1. The number of rotatable bonds is 0. The third kappa shape index (κ3) is 1.70. The highest BCUT2D eigenvalue weighted by molar-refractivity contribution is 5.77. The highest BCUT2D eigenvalue weighted by Gasteiger charge is 2.38. The molecular weight excluding hydrogens is 164 g/mol. The number of nitrogens with one attached hydrogen (secondary N) is 1. The van der Waals surface area contributed by atoms with Crippen LogP contribution in [0.15, 0.2) is 0 Å². The summed E-state index contributed by atoms with van der Waals surface area (Å²) in [4.78, 5) is 13.4. The fraction of sp³-hybridized carbons (Fsp3) is 0.900. The molecule has 0 radical (unpaired) electrons. The van der Waals surface area contributed by atoms with Gasteiger partial charge in [-0.15, -0.1) is 0 Å². The molecule has 1 spiro atoms. The average molecular weight is 182 g/mol. The van der Waals surface area contributed by atoms with Gasteiger partial charge < -0.3 is 10.2 Å². The number of piperidine rings is 2. The largest absolute Gasteiger partial charge is 0.346 e. The average Bonchev–Trinajstić information content (AvgIpc) is 2.14. The minimum Gasteiger partial charge on any atom is -0.346 e. The van der Waals surface area contributed by atoms with Gasteiger partial charge in [-0.2, -0.15) is 0 Å². The van der Waals surface area contributed by atoms with Crippen molar-refractivity contribution in [1.29, 1.82) is 0 Å².